The number of piperazine rings is 1. The maximum Gasteiger partial charge on any atom is 0.407 e. The van der Waals surface area contributed by atoms with Crippen LogP contribution in [-0.4, -0.2) is 57.4 Å². The lowest BCUT2D eigenvalue weighted by Gasteiger charge is -2.37. The molecule has 0 aliphatic carbocycles. The van der Waals surface area contributed by atoms with Gasteiger partial charge in [-0.1, -0.05) is 0 Å². The van der Waals surface area contributed by atoms with Crippen LogP contribution >= 0.6 is 0 Å². The van der Waals surface area contributed by atoms with E-state index in [1.165, 1.54) is 9.80 Å². The smallest absolute Gasteiger partial charge is 0.407 e. The molecule has 0 saturated carbocycles. The summed E-state index contributed by atoms with van der Waals surface area (Å²) in [5.74, 6) is 0. The van der Waals surface area contributed by atoms with E-state index in [0.29, 0.717) is 13.1 Å². The Labute approximate surface area is 80.7 Å². The standard InChI is InChI=1S/C8H12N2O4/c11-7(12)9-3-5-1-2-6(4-9)10(5)8(13)14/h5-6H,1-4H2,(H,11,12)(H,13,14). The van der Waals surface area contributed by atoms with Gasteiger partial charge in [0, 0.05) is 13.1 Å². The SMILES string of the molecule is O=C(O)N1CC2CCC(C1)N2C(=O)O. The number of amides is 2. The lowest BCUT2D eigenvalue weighted by Crippen LogP contribution is -2.56. The molecule has 6 heteroatoms. The zero-order valence-electron chi connectivity index (χ0n) is 7.59. The fourth-order valence-corrected chi connectivity index (χ4v) is 2.37. The first kappa shape index (κ1) is 9.11. The fraction of sp³-hybridized carbons (Fsp3) is 0.750. The van der Waals surface area contributed by atoms with Gasteiger partial charge < -0.3 is 15.1 Å². The number of hydrogen-bond acceptors (Lipinski definition) is 2. The van der Waals surface area contributed by atoms with E-state index in [1.54, 1.807) is 0 Å². The van der Waals surface area contributed by atoms with Gasteiger partial charge in [-0.3, -0.25) is 4.90 Å². The van der Waals surface area contributed by atoms with E-state index in [9.17, 15) is 9.59 Å². The van der Waals surface area contributed by atoms with Gasteiger partial charge in [0.1, 0.15) is 0 Å². The number of likely N-dealkylation sites (tertiary alicyclic amines) is 1. The van der Waals surface area contributed by atoms with Gasteiger partial charge in [0.25, 0.3) is 0 Å². The van der Waals surface area contributed by atoms with E-state index >= 15 is 0 Å². The molecular formula is C8H12N2O4. The monoisotopic (exact) mass is 200 g/mol. The Morgan fingerprint density at radius 1 is 1.00 bits per heavy atom. The largest absolute Gasteiger partial charge is 0.465 e. The molecule has 2 heterocycles. The summed E-state index contributed by atoms with van der Waals surface area (Å²) in [7, 11) is 0. The fourth-order valence-electron chi connectivity index (χ4n) is 2.37. The molecule has 0 aromatic heterocycles. The second-order valence-corrected chi connectivity index (χ2v) is 3.76. The van der Waals surface area contributed by atoms with Crippen LogP contribution in [0.1, 0.15) is 12.8 Å². The minimum absolute atomic E-state index is 0.137. The van der Waals surface area contributed by atoms with Gasteiger partial charge in [0.15, 0.2) is 0 Å². The molecular weight excluding hydrogens is 188 g/mol. The molecule has 14 heavy (non-hydrogen) atoms. The molecule has 2 N–H and O–H groups in total. The molecule has 2 bridgehead atoms. The van der Waals surface area contributed by atoms with Crippen LogP contribution in [-0.2, 0) is 0 Å². The zero-order chi connectivity index (χ0) is 10.3. The average molecular weight is 200 g/mol. The van der Waals surface area contributed by atoms with Crippen molar-refractivity contribution in [3.63, 3.8) is 0 Å². The first-order valence-electron chi connectivity index (χ1n) is 4.58. The molecule has 2 atom stereocenters. The molecule has 2 fully saturated rings. The molecule has 0 spiro atoms. The van der Waals surface area contributed by atoms with E-state index in [0.717, 1.165) is 12.8 Å². The summed E-state index contributed by atoms with van der Waals surface area (Å²) in [5.41, 5.74) is 0. The topological polar surface area (TPSA) is 81.1 Å². The third-order valence-corrected chi connectivity index (χ3v) is 2.97. The molecule has 0 radical (unpaired) electrons. The van der Waals surface area contributed by atoms with Crippen LogP contribution in [0.5, 0.6) is 0 Å². The maximum atomic E-state index is 10.9. The van der Waals surface area contributed by atoms with Crippen LogP contribution < -0.4 is 0 Å². The number of rotatable bonds is 0. The summed E-state index contributed by atoms with van der Waals surface area (Å²) in [4.78, 5) is 24.3. The Morgan fingerprint density at radius 3 is 1.86 bits per heavy atom. The van der Waals surface area contributed by atoms with Crippen molar-refractivity contribution in [3.05, 3.63) is 0 Å². The molecule has 6 nitrogen and oxygen atoms in total. The van der Waals surface area contributed by atoms with Gasteiger partial charge >= 0.3 is 12.2 Å². The third-order valence-electron chi connectivity index (χ3n) is 2.97. The molecule has 2 aliphatic rings. The molecule has 2 rings (SSSR count). The van der Waals surface area contributed by atoms with Gasteiger partial charge in [0.2, 0.25) is 0 Å². The van der Waals surface area contributed by atoms with E-state index in [-0.39, 0.29) is 12.1 Å². The zero-order valence-corrected chi connectivity index (χ0v) is 7.59. The summed E-state index contributed by atoms with van der Waals surface area (Å²) < 4.78 is 0. The minimum atomic E-state index is -0.952. The highest BCUT2D eigenvalue weighted by Crippen LogP contribution is 2.29. The number of carbonyl (C=O) groups is 2. The number of fused-ring (bicyclic) bond motifs is 2. The normalized spacial score (nSPS) is 30.6. The highest BCUT2D eigenvalue weighted by molar-refractivity contribution is 5.69. The lowest BCUT2D eigenvalue weighted by atomic mass is 10.2. The van der Waals surface area contributed by atoms with E-state index in [1.807, 2.05) is 0 Å². The van der Waals surface area contributed by atoms with Crippen LogP contribution in [0.2, 0.25) is 0 Å². The van der Waals surface area contributed by atoms with Crippen LogP contribution in [0, 0.1) is 0 Å². The van der Waals surface area contributed by atoms with Crippen molar-refractivity contribution in [2.45, 2.75) is 24.9 Å². The van der Waals surface area contributed by atoms with Gasteiger partial charge in [-0.05, 0) is 12.8 Å². The van der Waals surface area contributed by atoms with Crippen molar-refractivity contribution in [1.82, 2.24) is 9.80 Å². The quantitative estimate of drug-likeness (QED) is 0.596. The molecule has 2 saturated heterocycles. The summed E-state index contributed by atoms with van der Waals surface area (Å²) in [5, 5.41) is 17.7. The summed E-state index contributed by atoms with van der Waals surface area (Å²) >= 11 is 0. The first-order chi connectivity index (χ1) is 6.59. The van der Waals surface area contributed by atoms with Gasteiger partial charge in [-0.15, -0.1) is 0 Å². The van der Waals surface area contributed by atoms with Crippen molar-refractivity contribution in [2.75, 3.05) is 13.1 Å². The summed E-state index contributed by atoms with van der Waals surface area (Å²) in [6, 6.07) is -0.273. The minimum Gasteiger partial charge on any atom is -0.465 e. The van der Waals surface area contributed by atoms with Gasteiger partial charge in [0.05, 0.1) is 12.1 Å². The number of nitrogens with zero attached hydrogens (tertiary/aromatic N) is 2. The Balaban J connectivity index is 2.12. The molecule has 78 valence electrons. The van der Waals surface area contributed by atoms with E-state index < -0.39 is 12.2 Å². The molecule has 0 aromatic rings. The van der Waals surface area contributed by atoms with Crippen LogP contribution in [0.15, 0.2) is 0 Å². The molecule has 2 unspecified atom stereocenters. The van der Waals surface area contributed by atoms with Crippen LogP contribution in [0.3, 0.4) is 0 Å². The van der Waals surface area contributed by atoms with Crippen molar-refractivity contribution in [2.24, 2.45) is 0 Å². The Hall–Kier alpha value is -1.46. The summed E-state index contributed by atoms with van der Waals surface area (Å²) in [6.45, 7) is 0.635. The van der Waals surface area contributed by atoms with Crippen LogP contribution in [0.25, 0.3) is 0 Å². The van der Waals surface area contributed by atoms with Gasteiger partial charge in [-0.25, -0.2) is 9.59 Å². The maximum absolute atomic E-state index is 10.9. The van der Waals surface area contributed by atoms with Crippen molar-refractivity contribution < 1.29 is 19.8 Å². The predicted octanol–water partition coefficient (Wildman–Crippen LogP) is 0.491. The van der Waals surface area contributed by atoms with E-state index in [2.05, 4.69) is 0 Å². The summed E-state index contributed by atoms with van der Waals surface area (Å²) in [6.07, 6.45) is -0.323. The van der Waals surface area contributed by atoms with Crippen LogP contribution in [0.4, 0.5) is 9.59 Å². The Morgan fingerprint density at radius 2 is 1.50 bits per heavy atom. The first-order valence-corrected chi connectivity index (χ1v) is 4.58. The number of carboxylic acid groups (broad SMARTS) is 2. The molecule has 2 amide bonds. The average Bonchev–Trinajstić information content (AvgIpc) is 2.37. The van der Waals surface area contributed by atoms with Crippen molar-refractivity contribution in [1.29, 1.82) is 0 Å². The molecule has 0 aromatic carbocycles. The van der Waals surface area contributed by atoms with Crippen molar-refractivity contribution >= 4 is 12.2 Å². The predicted molar refractivity (Wildman–Crippen MR) is 46.3 cm³/mol. The molecule has 2 aliphatic heterocycles. The Bertz CT molecular complexity index is 267. The van der Waals surface area contributed by atoms with Crippen molar-refractivity contribution in [3.8, 4) is 0 Å². The highest BCUT2D eigenvalue weighted by atomic mass is 16.4. The Kier molecular flexibility index (Phi) is 1.98. The third kappa shape index (κ3) is 1.26. The lowest BCUT2D eigenvalue weighted by molar-refractivity contribution is 0.0594. The highest BCUT2D eigenvalue weighted by Gasteiger charge is 2.43. The second kappa shape index (κ2) is 3.04. The van der Waals surface area contributed by atoms with Gasteiger partial charge in [-0.2, -0.15) is 0 Å². The second-order valence-electron chi connectivity index (χ2n) is 3.76. The van der Waals surface area contributed by atoms with E-state index in [4.69, 9.17) is 10.2 Å². The number of hydrogen-bond donors (Lipinski definition) is 2.